The summed E-state index contributed by atoms with van der Waals surface area (Å²) in [5.41, 5.74) is 1.06. The number of halogens is 1. The smallest absolute Gasteiger partial charge is 0.134 e. The van der Waals surface area contributed by atoms with E-state index in [4.69, 9.17) is 4.74 Å². The first-order valence-corrected chi connectivity index (χ1v) is 7.32. The van der Waals surface area contributed by atoms with Gasteiger partial charge in [-0.05, 0) is 46.9 Å². The van der Waals surface area contributed by atoms with Gasteiger partial charge in [-0.3, -0.25) is 4.98 Å². The molecule has 0 saturated carbocycles. The van der Waals surface area contributed by atoms with Crippen molar-refractivity contribution in [2.24, 2.45) is 0 Å². The van der Waals surface area contributed by atoms with Gasteiger partial charge in [0.25, 0.3) is 0 Å². The number of hydrogen-bond acceptors (Lipinski definition) is 3. The summed E-state index contributed by atoms with van der Waals surface area (Å²) in [5, 5.41) is 3.38. The Morgan fingerprint density at radius 3 is 2.89 bits per heavy atom. The van der Waals surface area contributed by atoms with Crippen LogP contribution in [0.15, 0.2) is 42.7 Å². The summed E-state index contributed by atoms with van der Waals surface area (Å²) in [7, 11) is 0. The summed E-state index contributed by atoms with van der Waals surface area (Å²) >= 11 is 2.28. The molecule has 0 spiro atoms. The van der Waals surface area contributed by atoms with Crippen molar-refractivity contribution in [3.05, 3.63) is 51.9 Å². The van der Waals surface area contributed by atoms with Crippen LogP contribution in [0, 0.1) is 3.57 Å². The molecule has 0 fully saturated rings. The fourth-order valence-corrected chi connectivity index (χ4v) is 2.13. The highest BCUT2D eigenvalue weighted by Crippen LogP contribution is 2.25. The molecule has 0 radical (unpaired) electrons. The lowest BCUT2D eigenvalue weighted by atomic mass is 10.2. The summed E-state index contributed by atoms with van der Waals surface area (Å²) in [6.45, 7) is 5.00. The third-order valence-corrected chi connectivity index (χ3v) is 3.25. The fourth-order valence-electron chi connectivity index (χ4n) is 1.62. The van der Waals surface area contributed by atoms with Crippen molar-refractivity contribution in [3.8, 4) is 11.5 Å². The second-order valence-electron chi connectivity index (χ2n) is 4.58. The van der Waals surface area contributed by atoms with Crippen LogP contribution < -0.4 is 10.1 Å². The highest BCUT2D eigenvalue weighted by molar-refractivity contribution is 14.1. The third-order valence-electron chi connectivity index (χ3n) is 2.58. The van der Waals surface area contributed by atoms with Gasteiger partial charge in [0.15, 0.2) is 0 Å². The molecule has 0 aliphatic heterocycles. The maximum Gasteiger partial charge on any atom is 0.134 e. The molecule has 0 amide bonds. The van der Waals surface area contributed by atoms with Crippen molar-refractivity contribution in [3.63, 3.8) is 0 Å². The number of pyridine rings is 1. The van der Waals surface area contributed by atoms with Crippen molar-refractivity contribution in [1.29, 1.82) is 0 Å². The van der Waals surface area contributed by atoms with E-state index in [1.165, 1.54) is 0 Å². The van der Waals surface area contributed by atoms with E-state index < -0.39 is 0 Å². The third kappa shape index (κ3) is 4.47. The number of nitrogens with one attached hydrogen (secondary N) is 1. The van der Waals surface area contributed by atoms with E-state index in [0.29, 0.717) is 6.04 Å². The second kappa shape index (κ2) is 6.86. The van der Waals surface area contributed by atoms with Crippen LogP contribution in [0.25, 0.3) is 0 Å². The maximum absolute atomic E-state index is 5.94. The standard InChI is InChI=1S/C15H17IN2O/c1-11(2)18-10-12-9-17-7-6-15(12)19-14-5-3-4-13(16)8-14/h3-9,11,18H,10H2,1-2H3. The predicted molar refractivity (Wildman–Crippen MR) is 85.4 cm³/mol. The van der Waals surface area contributed by atoms with Crippen LogP contribution in [0.1, 0.15) is 19.4 Å². The molecule has 0 saturated heterocycles. The van der Waals surface area contributed by atoms with E-state index in [1.807, 2.05) is 36.5 Å². The van der Waals surface area contributed by atoms with Crippen LogP contribution in [0.2, 0.25) is 0 Å². The van der Waals surface area contributed by atoms with Crippen LogP contribution in [0.5, 0.6) is 11.5 Å². The number of rotatable bonds is 5. The summed E-state index contributed by atoms with van der Waals surface area (Å²) in [6.07, 6.45) is 3.60. The molecule has 0 unspecified atom stereocenters. The Hall–Kier alpha value is -1.14. The summed E-state index contributed by atoms with van der Waals surface area (Å²) < 4.78 is 7.10. The molecule has 1 aromatic carbocycles. The van der Waals surface area contributed by atoms with Gasteiger partial charge in [-0.1, -0.05) is 19.9 Å². The molecule has 19 heavy (non-hydrogen) atoms. The Morgan fingerprint density at radius 2 is 2.16 bits per heavy atom. The highest BCUT2D eigenvalue weighted by Gasteiger charge is 2.06. The average Bonchev–Trinajstić information content (AvgIpc) is 2.38. The number of ether oxygens (including phenoxy) is 1. The quantitative estimate of drug-likeness (QED) is 0.811. The lowest BCUT2D eigenvalue weighted by Gasteiger charge is -2.13. The number of hydrogen-bond donors (Lipinski definition) is 1. The van der Waals surface area contributed by atoms with E-state index in [-0.39, 0.29) is 0 Å². The van der Waals surface area contributed by atoms with E-state index in [0.717, 1.165) is 27.2 Å². The monoisotopic (exact) mass is 368 g/mol. The van der Waals surface area contributed by atoms with Gasteiger partial charge in [-0.25, -0.2) is 0 Å². The minimum absolute atomic E-state index is 0.436. The largest absolute Gasteiger partial charge is 0.457 e. The Kier molecular flexibility index (Phi) is 5.15. The Balaban J connectivity index is 2.15. The zero-order chi connectivity index (χ0) is 13.7. The molecule has 1 N–H and O–H groups in total. The molecule has 3 nitrogen and oxygen atoms in total. The van der Waals surface area contributed by atoms with Crippen molar-refractivity contribution >= 4 is 22.6 Å². The molecule has 1 heterocycles. The molecule has 0 aliphatic carbocycles. The van der Waals surface area contributed by atoms with Gasteiger partial charge < -0.3 is 10.1 Å². The minimum atomic E-state index is 0.436. The van der Waals surface area contributed by atoms with Crippen LogP contribution >= 0.6 is 22.6 Å². The summed E-state index contributed by atoms with van der Waals surface area (Å²) in [4.78, 5) is 4.16. The van der Waals surface area contributed by atoms with Crippen LogP contribution in [0.3, 0.4) is 0 Å². The zero-order valence-electron chi connectivity index (χ0n) is 11.1. The molecular formula is C15H17IN2O. The topological polar surface area (TPSA) is 34.2 Å². The van der Waals surface area contributed by atoms with Crippen LogP contribution in [-0.4, -0.2) is 11.0 Å². The van der Waals surface area contributed by atoms with Gasteiger partial charge in [-0.15, -0.1) is 0 Å². The van der Waals surface area contributed by atoms with E-state index >= 15 is 0 Å². The summed E-state index contributed by atoms with van der Waals surface area (Å²) in [6, 6.07) is 10.3. The average molecular weight is 368 g/mol. The molecule has 0 bridgehead atoms. The number of benzene rings is 1. The van der Waals surface area contributed by atoms with Crippen molar-refractivity contribution < 1.29 is 4.74 Å². The lowest BCUT2D eigenvalue weighted by Crippen LogP contribution is -2.22. The van der Waals surface area contributed by atoms with E-state index in [1.54, 1.807) is 6.20 Å². The first-order chi connectivity index (χ1) is 9.15. The second-order valence-corrected chi connectivity index (χ2v) is 5.82. The van der Waals surface area contributed by atoms with Gasteiger partial charge in [-0.2, -0.15) is 0 Å². The molecule has 0 aliphatic rings. The Labute approximate surface area is 127 Å². The van der Waals surface area contributed by atoms with Crippen LogP contribution in [-0.2, 0) is 6.54 Å². The van der Waals surface area contributed by atoms with Crippen molar-refractivity contribution in [2.45, 2.75) is 26.4 Å². The van der Waals surface area contributed by atoms with E-state index in [9.17, 15) is 0 Å². The van der Waals surface area contributed by atoms with Gasteiger partial charge in [0.05, 0.1) is 0 Å². The minimum Gasteiger partial charge on any atom is -0.457 e. The molecule has 2 rings (SSSR count). The van der Waals surface area contributed by atoms with Gasteiger partial charge in [0.1, 0.15) is 11.5 Å². The normalized spacial score (nSPS) is 10.7. The molecule has 4 heteroatoms. The van der Waals surface area contributed by atoms with Gasteiger partial charge >= 0.3 is 0 Å². The number of nitrogens with zero attached hydrogens (tertiary/aromatic N) is 1. The molecule has 2 aromatic rings. The molecule has 0 atom stereocenters. The van der Waals surface area contributed by atoms with E-state index in [2.05, 4.69) is 46.7 Å². The first kappa shape index (κ1) is 14.3. The SMILES string of the molecule is CC(C)NCc1cnccc1Oc1cccc(I)c1. The lowest BCUT2D eigenvalue weighted by molar-refractivity contribution is 0.468. The predicted octanol–water partition coefficient (Wildman–Crippen LogP) is 3.98. The maximum atomic E-state index is 5.94. The van der Waals surface area contributed by atoms with Crippen molar-refractivity contribution in [2.75, 3.05) is 0 Å². The van der Waals surface area contributed by atoms with Crippen LogP contribution in [0.4, 0.5) is 0 Å². The van der Waals surface area contributed by atoms with Crippen molar-refractivity contribution in [1.82, 2.24) is 10.3 Å². The Morgan fingerprint density at radius 1 is 1.32 bits per heavy atom. The molecule has 1 aromatic heterocycles. The highest BCUT2D eigenvalue weighted by atomic mass is 127. The fraction of sp³-hybridized carbons (Fsp3) is 0.267. The van der Waals surface area contributed by atoms with Gasteiger partial charge in [0.2, 0.25) is 0 Å². The Bertz CT molecular complexity index is 543. The summed E-state index contributed by atoms with van der Waals surface area (Å²) in [5.74, 6) is 1.70. The molecular weight excluding hydrogens is 351 g/mol. The zero-order valence-corrected chi connectivity index (χ0v) is 13.2. The first-order valence-electron chi connectivity index (χ1n) is 6.25. The van der Waals surface area contributed by atoms with Gasteiger partial charge in [0, 0.05) is 34.1 Å². The molecule has 100 valence electrons. The number of aromatic nitrogens is 1.